The standard InChI is InChI=1S/C41H49F3/c1-3-5-7-9-11-35-24-27-38(41(44)40(35)43)34-22-20-33(21-23-34)37-26-25-36(28-39(37)42)32-18-16-31(17-19-32)30-14-12-29(13-15-30)10-8-6-4-2/h7,9,18,20-31H,3-6,8,10-17,19H2,1-2H3/b9-7-. The fourth-order valence-corrected chi connectivity index (χ4v) is 7.42. The summed E-state index contributed by atoms with van der Waals surface area (Å²) in [6.45, 7) is 4.37. The summed E-state index contributed by atoms with van der Waals surface area (Å²) in [7, 11) is 0. The Morgan fingerprint density at radius 1 is 0.682 bits per heavy atom. The molecule has 44 heavy (non-hydrogen) atoms. The van der Waals surface area contributed by atoms with Crippen LogP contribution < -0.4 is 0 Å². The van der Waals surface area contributed by atoms with Crippen LogP contribution in [0.4, 0.5) is 13.2 Å². The predicted octanol–water partition coefficient (Wildman–Crippen LogP) is 12.9. The lowest BCUT2D eigenvalue weighted by atomic mass is 9.70. The molecule has 0 saturated heterocycles. The lowest BCUT2D eigenvalue weighted by Crippen LogP contribution is -2.23. The molecule has 0 N–H and O–H groups in total. The van der Waals surface area contributed by atoms with E-state index in [9.17, 15) is 8.78 Å². The Labute approximate surface area is 263 Å². The average molecular weight is 599 g/mol. The van der Waals surface area contributed by atoms with Crippen molar-refractivity contribution in [3.8, 4) is 22.3 Å². The van der Waals surface area contributed by atoms with Gasteiger partial charge in [0, 0.05) is 11.1 Å². The molecule has 1 fully saturated rings. The molecule has 3 heteroatoms. The van der Waals surface area contributed by atoms with Gasteiger partial charge in [0.2, 0.25) is 0 Å². The van der Waals surface area contributed by atoms with E-state index < -0.39 is 11.6 Å². The second kappa shape index (κ2) is 15.8. The van der Waals surface area contributed by atoms with Crippen LogP contribution in [0.15, 0.2) is 72.8 Å². The number of halogens is 3. The smallest absolute Gasteiger partial charge is 0.166 e. The van der Waals surface area contributed by atoms with Gasteiger partial charge in [0.1, 0.15) is 5.82 Å². The normalized spacial score (nSPS) is 20.7. The first kappa shape index (κ1) is 32.3. The van der Waals surface area contributed by atoms with Crippen molar-refractivity contribution in [2.75, 3.05) is 0 Å². The molecule has 0 bridgehead atoms. The van der Waals surface area contributed by atoms with Gasteiger partial charge in [-0.1, -0.05) is 126 Å². The zero-order valence-electron chi connectivity index (χ0n) is 26.7. The van der Waals surface area contributed by atoms with Gasteiger partial charge in [0.15, 0.2) is 11.6 Å². The fraction of sp³-hybridized carbons (Fsp3) is 0.463. The van der Waals surface area contributed by atoms with Gasteiger partial charge in [-0.15, -0.1) is 0 Å². The third-order valence-electron chi connectivity index (χ3n) is 10.2. The zero-order chi connectivity index (χ0) is 30.9. The summed E-state index contributed by atoms with van der Waals surface area (Å²) in [5.41, 5.74) is 4.61. The lowest BCUT2D eigenvalue weighted by Gasteiger charge is -2.35. The van der Waals surface area contributed by atoms with E-state index in [2.05, 4.69) is 19.9 Å². The molecule has 0 aromatic heterocycles. The Morgan fingerprint density at radius 3 is 2.05 bits per heavy atom. The molecule has 1 saturated carbocycles. The van der Waals surface area contributed by atoms with Crippen molar-refractivity contribution in [1.29, 1.82) is 0 Å². The fourth-order valence-electron chi connectivity index (χ4n) is 7.42. The molecular formula is C41H49F3. The first-order valence-electron chi connectivity index (χ1n) is 17.2. The van der Waals surface area contributed by atoms with E-state index in [4.69, 9.17) is 0 Å². The number of benzene rings is 3. The zero-order valence-corrected chi connectivity index (χ0v) is 26.7. The van der Waals surface area contributed by atoms with E-state index in [1.165, 1.54) is 63.4 Å². The molecule has 0 spiro atoms. The van der Waals surface area contributed by atoms with Crippen LogP contribution in [-0.2, 0) is 6.42 Å². The lowest BCUT2D eigenvalue weighted by molar-refractivity contribution is 0.187. The average Bonchev–Trinajstić information content (AvgIpc) is 3.06. The van der Waals surface area contributed by atoms with Gasteiger partial charge in [-0.25, -0.2) is 13.2 Å². The van der Waals surface area contributed by atoms with E-state index >= 15 is 4.39 Å². The first-order valence-corrected chi connectivity index (χ1v) is 17.2. The van der Waals surface area contributed by atoms with Crippen molar-refractivity contribution in [1.82, 2.24) is 0 Å². The quantitative estimate of drug-likeness (QED) is 0.144. The van der Waals surface area contributed by atoms with Gasteiger partial charge in [-0.05, 0) is 96.6 Å². The molecule has 0 heterocycles. The van der Waals surface area contributed by atoms with Gasteiger partial charge < -0.3 is 0 Å². The van der Waals surface area contributed by atoms with Gasteiger partial charge >= 0.3 is 0 Å². The summed E-state index contributed by atoms with van der Waals surface area (Å²) in [6, 6.07) is 15.9. The van der Waals surface area contributed by atoms with E-state index in [0.29, 0.717) is 23.1 Å². The molecule has 1 atom stereocenters. The van der Waals surface area contributed by atoms with E-state index in [0.717, 1.165) is 54.6 Å². The summed E-state index contributed by atoms with van der Waals surface area (Å²) in [4.78, 5) is 0. The van der Waals surface area contributed by atoms with Gasteiger partial charge in [-0.2, -0.15) is 0 Å². The topological polar surface area (TPSA) is 0 Å². The molecule has 0 amide bonds. The molecule has 1 unspecified atom stereocenters. The number of hydrogen-bond donors (Lipinski definition) is 0. The summed E-state index contributed by atoms with van der Waals surface area (Å²) >= 11 is 0. The minimum Gasteiger partial charge on any atom is -0.206 e. The Balaban J connectivity index is 1.20. The number of allylic oxidation sites excluding steroid dienone is 4. The van der Waals surface area contributed by atoms with E-state index in [-0.39, 0.29) is 11.4 Å². The van der Waals surface area contributed by atoms with Crippen LogP contribution in [0.3, 0.4) is 0 Å². The maximum absolute atomic E-state index is 15.4. The van der Waals surface area contributed by atoms with Crippen LogP contribution in [0.25, 0.3) is 27.8 Å². The first-order chi connectivity index (χ1) is 21.5. The minimum atomic E-state index is -0.840. The summed E-state index contributed by atoms with van der Waals surface area (Å²) in [6.07, 6.45) is 23.0. The Bertz CT molecular complexity index is 1420. The van der Waals surface area contributed by atoms with Crippen LogP contribution in [-0.4, -0.2) is 0 Å². The SMILES string of the molecule is CCC/C=C\Cc1ccc(-c2ccc(-c3ccc(C4=CCC(C5CCC(CCCCC)CC5)CC4)cc3F)cc2)c(F)c1F. The summed E-state index contributed by atoms with van der Waals surface area (Å²) in [5.74, 6) is 0.680. The second-order valence-electron chi connectivity index (χ2n) is 13.2. The van der Waals surface area contributed by atoms with Crippen LogP contribution >= 0.6 is 0 Å². The van der Waals surface area contributed by atoms with Gasteiger partial charge in [0.05, 0.1) is 0 Å². The Hall–Kier alpha value is -3.07. The molecular weight excluding hydrogens is 549 g/mol. The van der Waals surface area contributed by atoms with Crippen LogP contribution in [0.2, 0.25) is 0 Å². The molecule has 3 aromatic rings. The van der Waals surface area contributed by atoms with Crippen molar-refractivity contribution in [2.45, 2.75) is 104 Å². The monoisotopic (exact) mass is 598 g/mol. The third kappa shape index (κ3) is 7.95. The molecule has 5 rings (SSSR count). The van der Waals surface area contributed by atoms with Crippen LogP contribution in [0.5, 0.6) is 0 Å². The van der Waals surface area contributed by atoms with Crippen LogP contribution in [0.1, 0.15) is 108 Å². The highest BCUT2D eigenvalue weighted by Gasteiger charge is 2.28. The second-order valence-corrected chi connectivity index (χ2v) is 13.2. The molecule has 2 aliphatic rings. The number of hydrogen-bond acceptors (Lipinski definition) is 0. The molecule has 0 aliphatic heterocycles. The summed E-state index contributed by atoms with van der Waals surface area (Å²) in [5, 5.41) is 0. The van der Waals surface area contributed by atoms with Crippen LogP contribution in [0, 0.1) is 35.2 Å². The maximum Gasteiger partial charge on any atom is 0.166 e. The maximum atomic E-state index is 15.4. The Kier molecular flexibility index (Phi) is 11.6. The van der Waals surface area contributed by atoms with Gasteiger partial charge in [-0.3, -0.25) is 0 Å². The van der Waals surface area contributed by atoms with E-state index in [1.54, 1.807) is 42.5 Å². The van der Waals surface area contributed by atoms with E-state index in [1.807, 2.05) is 24.3 Å². The molecule has 3 aromatic carbocycles. The van der Waals surface area contributed by atoms with Crippen molar-refractivity contribution < 1.29 is 13.2 Å². The number of unbranched alkanes of at least 4 members (excludes halogenated alkanes) is 3. The summed E-state index contributed by atoms with van der Waals surface area (Å²) < 4.78 is 45.1. The van der Waals surface area contributed by atoms with Crippen molar-refractivity contribution in [2.24, 2.45) is 17.8 Å². The molecule has 0 radical (unpaired) electrons. The number of rotatable bonds is 12. The van der Waals surface area contributed by atoms with Crippen molar-refractivity contribution in [3.05, 3.63) is 101 Å². The van der Waals surface area contributed by atoms with Crippen molar-refractivity contribution >= 4 is 5.57 Å². The highest BCUT2D eigenvalue weighted by atomic mass is 19.2. The van der Waals surface area contributed by atoms with Crippen molar-refractivity contribution in [3.63, 3.8) is 0 Å². The molecule has 2 aliphatic carbocycles. The molecule has 234 valence electrons. The highest BCUT2D eigenvalue weighted by molar-refractivity contribution is 5.74. The highest BCUT2D eigenvalue weighted by Crippen LogP contribution is 2.42. The largest absolute Gasteiger partial charge is 0.206 e. The third-order valence-corrected chi connectivity index (χ3v) is 10.2. The van der Waals surface area contributed by atoms with Gasteiger partial charge in [0.25, 0.3) is 0 Å². The minimum absolute atomic E-state index is 0.216. The Morgan fingerprint density at radius 2 is 1.39 bits per heavy atom. The predicted molar refractivity (Wildman–Crippen MR) is 180 cm³/mol. The molecule has 0 nitrogen and oxygen atoms in total.